The third-order valence-corrected chi connectivity index (χ3v) is 2.05. The minimum atomic E-state index is 0.328. The van der Waals surface area contributed by atoms with Crippen LogP contribution in [0.3, 0.4) is 0 Å². The molecule has 0 saturated heterocycles. The van der Waals surface area contributed by atoms with E-state index in [1.54, 1.807) is 0 Å². The summed E-state index contributed by atoms with van der Waals surface area (Å²) in [4.78, 5) is 11.3. The molecule has 0 aromatic heterocycles. The Kier molecular flexibility index (Phi) is 3.32. The van der Waals surface area contributed by atoms with Gasteiger partial charge in [0, 0.05) is 24.2 Å². The van der Waals surface area contributed by atoms with E-state index >= 15 is 0 Å². The van der Waals surface area contributed by atoms with Crippen LogP contribution in [0.25, 0.3) is 0 Å². The van der Waals surface area contributed by atoms with Crippen LogP contribution in [-0.4, -0.2) is 11.8 Å². The van der Waals surface area contributed by atoms with Gasteiger partial charge in [0.1, 0.15) is 0 Å². The monoisotopic (exact) mass is 167 g/mol. The van der Waals surface area contributed by atoms with Gasteiger partial charge >= 0.3 is 0 Å². The van der Waals surface area contributed by atoms with Gasteiger partial charge in [-0.2, -0.15) is 0 Å². The van der Waals surface area contributed by atoms with E-state index in [0.717, 1.165) is 31.3 Å². The maximum atomic E-state index is 11.3. The first-order valence-electron chi connectivity index (χ1n) is 4.68. The molecule has 0 bridgehead atoms. The summed E-state index contributed by atoms with van der Waals surface area (Å²) in [7, 11) is 0. The highest BCUT2D eigenvalue weighted by Crippen LogP contribution is 2.18. The molecule has 0 heterocycles. The number of Topliss-reactive ketones (excluding diaryl/α,β-unsaturated/α-hetero) is 1. The molecule has 1 saturated carbocycles. The summed E-state index contributed by atoms with van der Waals surface area (Å²) in [5.41, 5.74) is 0.981. The van der Waals surface area contributed by atoms with Crippen molar-refractivity contribution in [2.24, 2.45) is 0 Å². The van der Waals surface area contributed by atoms with Crippen molar-refractivity contribution < 1.29 is 4.79 Å². The predicted molar refractivity (Wildman–Crippen MR) is 49.8 cm³/mol. The van der Waals surface area contributed by atoms with E-state index in [9.17, 15) is 4.79 Å². The van der Waals surface area contributed by atoms with Crippen LogP contribution in [0.5, 0.6) is 0 Å². The number of hydrogen-bond donors (Lipinski definition) is 1. The van der Waals surface area contributed by atoms with Crippen LogP contribution in [-0.2, 0) is 4.79 Å². The van der Waals surface area contributed by atoms with Crippen molar-refractivity contribution in [3.63, 3.8) is 0 Å². The molecule has 2 heteroatoms. The molecular formula is C10H17NO. The molecule has 0 amide bonds. The number of ketones is 1. The summed E-state index contributed by atoms with van der Waals surface area (Å²) in [6.45, 7) is 4.15. The predicted octanol–water partition coefficient (Wildman–Crippen LogP) is 2.01. The average Bonchev–Trinajstić information content (AvgIpc) is 2.03. The zero-order valence-corrected chi connectivity index (χ0v) is 7.89. The molecule has 1 N–H and O–H groups in total. The molecule has 1 rings (SSSR count). The van der Waals surface area contributed by atoms with E-state index in [1.165, 1.54) is 0 Å². The Balaban J connectivity index is 2.47. The average molecular weight is 167 g/mol. The maximum Gasteiger partial charge on any atom is 0.160 e. The number of nitrogens with one attached hydrogen (secondary N) is 1. The summed E-state index contributed by atoms with van der Waals surface area (Å²) in [6.07, 6.45) is 5.82. The molecule has 0 radical (unpaired) electrons. The van der Waals surface area contributed by atoms with E-state index in [-0.39, 0.29) is 0 Å². The Bertz CT molecular complexity index is 194. The van der Waals surface area contributed by atoms with Crippen LogP contribution in [0, 0.1) is 0 Å². The molecular weight excluding hydrogens is 150 g/mol. The molecule has 1 fully saturated rings. The van der Waals surface area contributed by atoms with Gasteiger partial charge in [-0.15, -0.1) is 0 Å². The molecule has 1 aliphatic rings. The molecule has 0 spiro atoms. The summed E-state index contributed by atoms with van der Waals surface area (Å²) < 4.78 is 0. The van der Waals surface area contributed by atoms with Gasteiger partial charge in [0.25, 0.3) is 0 Å². The lowest BCUT2D eigenvalue weighted by Gasteiger charge is -2.13. The number of rotatable bonds is 2. The highest BCUT2D eigenvalue weighted by molar-refractivity contribution is 5.95. The second kappa shape index (κ2) is 4.29. The first-order valence-corrected chi connectivity index (χ1v) is 4.68. The van der Waals surface area contributed by atoms with Crippen LogP contribution in [0.2, 0.25) is 0 Å². The highest BCUT2D eigenvalue weighted by Gasteiger charge is 2.14. The van der Waals surface area contributed by atoms with E-state index in [0.29, 0.717) is 11.8 Å². The van der Waals surface area contributed by atoms with Crippen molar-refractivity contribution in [2.75, 3.05) is 0 Å². The van der Waals surface area contributed by atoms with Gasteiger partial charge in [-0.1, -0.05) is 0 Å². The minimum absolute atomic E-state index is 0.328. The van der Waals surface area contributed by atoms with Crippen molar-refractivity contribution in [3.8, 4) is 0 Å². The fourth-order valence-electron chi connectivity index (χ4n) is 1.32. The zero-order chi connectivity index (χ0) is 8.97. The Labute approximate surface area is 74.0 Å². The summed E-state index contributed by atoms with van der Waals surface area (Å²) >= 11 is 0. The first kappa shape index (κ1) is 9.30. The molecule has 1 aliphatic carbocycles. The van der Waals surface area contributed by atoms with Crippen molar-refractivity contribution in [1.82, 2.24) is 5.32 Å². The lowest BCUT2D eigenvalue weighted by atomic mass is 9.94. The Hall–Kier alpha value is -0.790. The van der Waals surface area contributed by atoms with Crippen LogP contribution in [0.15, 0.2) is 11.8 Å². The summed E-state index contributed by atoms with van der Waals surface area (Å²) in [6, 6.07) is 0.423. The SMILES string of the molecule is CC(C)NC=C1CCCCC1=O. The normalized spacial score (nSPS) is 21.9. The van der Waals surface area contributed by atoms with Gasteiger partial charge in [0.2, 0.25) is 0 Å². The minimum Gasteiger partial charge on any atom is -0.388 e. The molecule has 2 nitrogen and oxygen atoms in total. The molecule has 0 aromatic rings. The van der Waals surface area contributed by atoms with Crippen LogP contribution < -0.4 is 5.32 Å². The zero-order valence-electron chi connectivity index (χ0n) is 7.89. The van der Waals surface area contributed by atoms with Gasteiger partial charge in [-0.05, 0) is 33.1 Å². The lowest BCUT2D eigenvalue weighted by molar-refractivity contribution is -0.116. The number of allylic oxidation sites excluding steroid dienone is 1. The first-order chi connectivity index (χ1) is 5.70. The highest BCUT2D eigenvalue weighted by atomic mass is 16.1. The fraction of sp³-hybridized carbons (Fsp3) is 0.700. The van der Waals surface area contributed by atoms with E-state index in [2.05, 4.69) is 19.2 Å². The largest absolute Gasteiger partial charge is 0.388 e. The van der Waals surface area contributed by atoms with Gasteiger partial charge < -0.3 is 5.32 Å². The van der Waals surface area contributed by atoms with Crippen molar-refractivity contribution >= 4 is 5.78 Å². The van der Waals surface area contributed by atoms with Gasteiger partial charge in [0.15, 0.2) is 5.78 Å². The second-order valence-corrected chi connectivity index (χ2v) is 3.62. The third kappa shape index (κ3) is 2.68. The quantitative estimate of drug-likeness (QED) is 0.637. The molecule has 0 aliphatic heterocycles. The van der Waals surface area contributed by atoms with Crippen molar-refractivity contribution in [1.29, 1.82) is 0 Å². The number of hydrogen-bond acceptors (Lipinski definition) is 2. The number of carbonyl (C=O) groups excluding carboxylic acids is 1. The summed E-state index contributed by atoms with van der Waals surface area (Å²) in [5, 5.41) is 3.16. The van der Waals surface area contributed by atoms with Crippen LogP contribution in [0.4, 0.5) is 0 Å². The molecule has 12 heavy (non-hydrogen) atoms. The molecule has 68 valence electrons. The van der Waals surface area contributed by atoms with E-state index < -0.39 is 0 Å². The smallest absolute Gasteiger partial charge is 0.160 e. The van der Waals surface area contributed by atoms with Gasteiger partial charge in [0.05, 0.1) is 0 Å². The summed E-state index contributed by atoms with van der Waals surface area (Å²) in [5.74, 6) is 0.328. The fourth-order valence-corrected chi connectivity index (χ4v) is 1.32. The topological polar surface area (TPSA) is 29.1 Å². The number of carbonyl (C=O) groups is 1. The van der Waals surface area contributed by atoms with Crippen LogP contribution in [0.1, 0.15) is 39.5 Å². The van der Waals surface area contributed by atoms with E-state index in [4.69, 9.17) is 0 Å². The van der Waals surface area contributed by atoms with Gasteiger partial charge in [-0.25, -0.2) is 0 Å². The maximum absolute atomic E-state index is 11.3. The standard InChI is InChI=1S/C10H17NO/c1-8(2)11-7-9-5-3-4-6-10(9)12/h7-8,11H,3-6H2,1-2H3. The molecule has 0 atom stereocenters. The van der Waals surface area contributed by atoms with Crippen LogP contribution >= 0.6 is 0 Å². The Morgan fingerprint density at radius 2 is 2.00 bits per heavy atom. The van der Waals surface area contributed by atoms with Crippen molar-refractivity contribution in [3.05, 3.63) is 11.8 Å². The molecule has 0 aromatic carbocycles. The third-order valence-electron chi connectivity index (χ3n) is 2.05. The molecule has 0 unspecified atom stereocenters. The van der Waals surface area contributed by atoms with E-state index in [1.807, 2.05) is 6.20 Å². The second-order valence-electron chi connectivity index (χ2n) is 3.62. The Morgan fingerprint density at radius 3 is 2.58 bits per heavy atom. The Morgan fingerprint density at radius 1 is 1.33 bits per heavy atom. The van der Waals surface area contributed by atoms with Crippen molar-refractivity contribution in [2.45, 2.75) is 45.6 Å². The lowest BCUT2D eigenvalue weighted by Crippen LogP contribution is -2.19. The van der Waals surface area contributed by atoms with Gasteiger partial charge in [-0.3, -0.25) is 4.79 Å².